The van der Waals surface area contributed by atoms with Gasteiger partial charge < -0.3 is 15.0 Å². The van der Waals surface area contributed by atoms with Crippen molar-refractivity contribution < 1.29 is 22.7 Å². The highest BCUT2D eigenvalue weighted by Crippen LogP contribution is 2.38. The molecule has 8 heteroatoms. The Morgan fingerprint density at radius 3 is 2.20 bits per heavy atom. The molecule has 4 rings (SSSR count). The number of benzene rings is 2. The zero-order valence-electron chi connectivity index (χ0n) is 25.1. The number of piperazine rings is 1. The van der Waals surface area contributed by atoms with Crippen LogP contribution in [0, 0.1) is 11.3 Å². The molecular weight excluding hydrogens is 527 g/mol. The van der Waals surface area contributed by atoms with Crippen molar-refractivity contribution in [2.45, 2.75) is 84.7 Å². The van der Waals surface area contributed by atoms with Gasteiger partial charge in [0.25, 0.3) is 0 Å². The average molecular weight is 574 g/mol. The van der Waals surface area contributed by atoms with E-state index in [1.807, 2.05) is 12.1 Å². The van der Waals surface area contributed by atoms with Crippen molar-refractivity contribution >= 4 is 5.91 Å². The first-order chi connectivity index (χ1) is 19.3. The summed E-state index contributed by atoms with van der Waals surface area (Å²) >= 11 is 0. The second kappa shape index (κ2) is 13.2. The molecule has 0 radical (unpaired) electrons. The highest BCUT2D eigenvalue weighted by Gasteiger charge is 2.38. The lowest BCUT2D eigenvalue weighted by Gasteiger charge is -2.47. The van der Waals surface area contributed by atoms with Crippen molar-refractivity contribution in [2.24, 2.45) is 11.3 Å². The van der Waals surface area contributed by atoms with Gasteiger partial charge in [0.1, 0.15) is 5.75 Å². The highest BCUT2D eigenvalue weighted by molar-refractivity contribution is 5.77. The minimum Gasteiger partial charge on any atom is -0.406 e. The minimum absolute atomic E-state index is 0.0306. The van der Waals surface area contributed by atoms with Gasteiger partial charge in [-0.3, -0.25) is 9.69 Å². The molecule has 2 saturated heterocycles. The first-order valence-electron chi connectivity index (χ1n) is 15.0. The Hall–Kier alpha value is -2.58. The van der Waals surface area contributed by atoms with E-state index in [4.69, 9.17) is 0 Å². The van der Waals surface area contributed by atoms with E-state index in [2.05, 4.69) is 66.6 Å². The van der Waals surface area contributed by atoms with Crippen LogP contribution in [-0.2, 0) is 4.79 Å². The number of carbonyl (C=O) groups is 1. The maximum Gasteiger partial charge on any atom is 0.573 e. The molecule has 0 aliphatic carbocycles. The molecule has 2 aromatic rings. The van der Waals surface area contributed by atoms with E-state index < -0.39 is 6.36 Å². The summed E-state index contributed by atoms with van der Waals surface area (Å²) in [6.45, 7) is 14.9. The maximum atomic E-state index is 13.7. The van der Waals surface area contributed by atoms with E-state index in [-0.39, 0.29) is 35.1 Å². The highest BCUT2D eigenvalue weighted by atomic mass is 19.4. The normalized spacial score (nSPS) is 20.3. The Balaban J connectivity index is 1.65. The topological polar surface area (TPSA) is 44.8 Å². The fourth-order valence-corrected chi connectivity index (χ4v) is 6.50. The smallest absolute Gasteiger partial charge is 0.406 e. The number of piperidine rings is 1. The van der Waals surface area contributed by atoms with Crippen molar-refractivity contribution in [3.8, 4) is 5.75 Å². The number of nitrogens with one attached hydrogen (secondary N) is 1. The zero-order valence-corrected chi connectivity index (χ0v) is 25.1. The number of amides is 1. The lowest BCUT2D eigenvalue weighted by molar-refractivity contribution is -0.274. The van der Waals surface area contributed by atoms with Gasteiger partial charge in [0, 0.05) is 32.1 Å². The molecule has 0 saturated carbocycles. The van der Waals surface area contributed by atoms with E-state index in [0.29, 0.717) is 32.0 Å². The second-order valence-electron chi connectivity index (χ2n) is 13.2. The van der Waals surface area contributed by atoms with Gasteiger partial charge in [0.05, 0.1) is 6.04 Å². The molecule has 1 amide bonds. The predicted octanol–water partition coefficient (Wildman–Crippen LogP) is 7.14. The Morgan fingerprint density at radius 2 is 1.61 bits per heavy atom. The summed E-state index contributed by atoms with van der Waals surface area (Å²) in [7, 11) is 0. The third-order valence-corrected chi connectivity index (χ3v) is 8.31. The summed E-state index contributed by atoms with van der Waals surface area (Å²) in [6, 6.07) is 14.5. The number of hydrogen-bond donors (Lipinski definition) is 1. The second-order valence-corrected chi connectivity index (χ2v) is 13.2. The number of carbonyl (C=O) groups excluding carboxylic acids is 1. The molecule has 2 unspecified atom stereocenters. The van der Waals surface area contributed by atoms with Gasteiger partial charge in [-0.25, -0.2) is 0 Å². The average Bonchev–Trinajstić information content (AvgIpc) is 2.89. The number of rotatable bonds is 8. The summed E-state index contributed by atoms with van der Waals surface area (Å²) < 4.78 is 42.7. The van der Waals surface area contributed by atoms with E-state index >= 15 is 0 Å². The first-order valence-corrected chi connectivity index (χ1v) is 15.0. The molecule has 0 spiro atoms. The number of hydrogen-bond acceptors (Lipinski definition) is 4. The lowest BCUT2D eigenvalue weighted by Crippen LogP contribution is -2.57. The quantitative estimate of drug-likeness (QED) is 0.365. The van der Waals surface area contributed by atoms with Crippen molar-refractivity contribution in [3.63, 3.8) is 0 Å². The van der Waals surface area contributed by atoms with Crippen LogP contribution < -0.4 is 10.1 Å². The molecule has 2 fully saturated rings. The van der Waals surface area contributed by atoms with Gasteiger partial charge >= 0.3 is 6.36 Å². The number of halogens is 3. The van der Waals surface area contributed by atoms with E-state index in [9.17, 15) is 18.0 Å². The van der Waals surface area contributed by atoms with E-state index in [0.717, 1.165) is 43.5 Å². The van der Waals surface area contributed by atoms with Gasteiger partial charge in [-0.05, 0) is 78.4 Å². The summed E-state index contributed by atoms with van der Waals surface area (Å²) in [4.78, 5) is 18.2. The van der Waals surface area contributed by atoms with Crippen molar-refractivity contribution in [1.82, 2.24) is 15.1 Å². The number of ether oxygens (including phenoxy) is 1. The molecule has 2 aromatic carbocycles. The van der Waals surface area contributed by atoms with Crippen LogP contribution in [0.15, 0.2) is 48.5 Å². The molecule has 5 nitrogen and oxygen atoms in total. The zero-order chi connectivity index (χ0) is 29.8. The fourth-order valence-electron chi connectivity index (χ4n) is 6.50. The largest absolute Gasteiger partial charge is 0.573 e. The van der Waals surface area contributed by atoms with Gasteiger partial charge in [0.15, 0.2) is 0 Å². The van der Waals surface area contributed by atoms with Crippen LogP contribution >= 0.6 is 0 Å². The SMILES string of the molecule is CC(C)c1ccccc1C(c1ccc(OC(F)(F)F)cc1)N1CCN(C(=O)CC2CCNCC2)C(CC(C)(C)C)C1. The molecule has 226 valence electrons. The maximum absolute atomic E-state index is 13.7. The molecule has 2 atom stereocenters. The summed E-state index contributed by atoms with van der Waals surface area (Å²) in [5, 5.41) is 3.39. The predicted molar refractivity (Wildman–Crippen MR) is 157 cm³/mol. The third-order valence-electron chi connectivity index (χ3n) is 8.31. The van der Waals surface area contributed by atoms with Crippen LogP contribution in [0.3, 0.4) is 0 Å². The lowest BCUT2D eigenvalue weighted by atomic mass is 9.84. The Kier molecular flexibility index (Phi) is 10.1. The summed E-state index contributed by atoms with van der Waals surface area (Å²) in [6.07, 6.45) is -1.18. The molecule has 2 heterocycles. The fraction of sp³-hybridized carbons (Fsp3) is 0.606. The van der Waals surface area contributed by atoms with Gasteiger partial charge in [0.2, 0.25) is 5.91 Å². The molecule has 41 heavy (non-hydrogen) atoms. The third kappa shape index (κ3) is 8.71. The van der Waals surface area contributed by atoms with Crippen LogP contribution in [0.1, 0.15) is 89.0 Å². The van der Waals surface area contributed by atoms with E-state index in [1.165, 1.54) is 17.7 Å². The molecule has 0 aromatic heterocycles. The van der Waals surface area contributed by atoms with Gasteiger partial charge in [-0.2, -0.15) is 0 Å². The summed E-state index contributed by atoms with van der Waals surface area (Å²) in [5.41, 5.74) is 3.31. The molecule has 1 N–H and O–H groups in total. The Bertz CT molecular complexity index is 1140. The van der Waals surface area contributed by atoms with Crippen LogP contribution in [0.25, 0.3) is 0 Å². The van der Waals surface area contributed by atoms with Crippen molar-refractivity contribution in [2.75, 3.05) is 32.7 Å². The van der Waals surface area contributed by atoms with Crippen LogP contribution in [0.5, 0.6) is 5.75 Å². The van der Waals surface area contributed by atoms with Crippen LogP contribution in [0.2, 0.25) is 0 Å². The minimum atomic E-state index is -4.73. The molecule has 2 aliphatic rings. The van der Waals surface area contributed by atoms with E-state index in [1.54, 1.807) is 12.1 Å². The van der Waals surface area contributed by atoms with Gasteiger partial charge in [-0.15, -0.1) is 13.2 Å². The monoisotopic (exact) mass is 573 g/mol. The standard InChI is InChI=1S/C33H46F3N3O2/c1-23(2)28-8-6-7-9-29(28)31(25-10-12-27(13-11-25)41-33(34,35)36)38-18-19-39(26(22-38)21-32(3,4)5)30(40)20-24-14-16-37-17-15-24/h6-13,23-24,26,31,37H,14-22H2,1-5H3. The number of nitrogens with zero attached hydrogens (tertiary/aromatic N) is 2. The van der Waals surface area contributed by atoms with Crippen molar-refractivity contribution in [1.29, 1.82) is 0 Å². The Labute approximate surface area is 243 Å². The summed E-state index contributed by atoms with van der Waals surface area (Å²) in [5.74, 6) is 0.731. The Morgan fingerprint density at radius 1 is 0.976 bits per heavy atom. The number of alkyl halides is 3. The van der Waals surface area contributed by atoms with Crippen molar-refractivity contribution in [3.05, 3.63) is 65.2 Å². The first kappa shape index (κ1) is 31.4. The molecule has 0 bridgehead atoms. The van der Waals surface area contributed by atoms with Crippen LogP contribution in [-0.4, -0.2) is 60.8 Å². The van der Waals surface area contributed by atoms with Crippen LogP contribution in [0.4, 0.5) is 13.2 Å². The molecular formula is C33H46F3N3O2. The molecule has 2 aliphatic heterocycles. The van der Waals surface area contributed by atoms with Gasteiger partial charge in [-0.1, -0.05) is 71.0 Å².